The van der Waals surface area contributed by atoms with Gasteiger partial charge < -0.3 is 15.0 Å². The van der Waals surface area contributed by atoms with E-state index in [0.717, 1.165) is 42.1 Å². The van der Waals surface area contributed by atoms with Crippen LogP contribution < -0.4 is 10.6 Å². The zero-order chi connectivity index (χ0) is 24.5. The second kappa shape index (κ2) is 16.7. The molecule has 2 rings (SSSR count). The average molecular weight is 467 g/mol. The highest BCUT2D eigenvalue weighted by molar-refractivity contribution is 7.30. The van der Waals surface area contributed by atoms with Gasteiger partial charge in [-0.05, 0) is 49.4 Å². The number of aromatic nitrogens is 1. The summed E-state index contributed by atoms with van der Waals surface area (Å²) >= 11 is 0. The van der Waals surface area contributed by atoms with Crippen LogP contribution >= 0.6 is 8.25 Å². The predicted octanol–water partition coefficient (Wildman–Crippen LogP) is 3.99. The Morgan fingerprint density at radius 1 is 1.28 bits per heavy atom. The molecule has 2 amide bonds. The van der Waals surface area contributed by atoms with E-state index in [1.807, 2.05) is 38.2 Å². The van der Waals surface area contributed by atoms with Gasteiger partial charge in [0.15, 0.2) is 0 Å². The molecule has 0 unspecified atom stereocenters. The molecule has 2 aromatic rings. The maximum atomic E-state index is 11.2. The largest absolute Gasteiger partial charge is 0.692 e. The van der Waals surface area contributed by atoms with E-state index in [9.17, 15) is 9.59 Å². The Morgan fingerprint density at radius 2 is 1.91 bits per heavy atom. The number of rotatable bonds is 7. The Bertz CT molecular complexity index is 901. The lowest BCUT2D eigenvalue weighted by Gasteiger charge is -2.05. The fourth-order valence-corrected chi connectivity index (χ4v) is 2.65. The Labute approximate surface area is 188 Å². The molecule has 0 aliphatic rings. The summed E-state index contributed by atoms with van der Waals surface area (Å²) in [6.07, 6.45) is 5.17. The molecule has 0 fully saturated rings. The fraction of sp³-hybridized carbons (Fsp3) is 0.476. The van der Waals surface area contributed by atoms with E-state index in [4.69, 9.17) is 19.6 Å². The van der Waals surface area contributed by atoms with Gasteiger partial charge in [-0.25, -0.2) is 4.79 Å². The van der Waals surface area contributed by atoms with Crippen LogP contribution in [0.15, 0.2) is 24.4 Å². The Morgan fingerprint density at radius 3 is 2.38 bits per heavy atom. The summed E-state index contributed by atoms with van der Waals surface area (Å²) in [7, 11) is -1.54. The number of nitriles is 1. The lowest BCUT2D eigenvalue weighted by molar-refractivity contribution is -0.118. The summed E-state index contributed by atoms with van der Waals surface area (Å²) in [5, 5.41) is 14.8. The molecule has 1 aromatic heterocycles. The standard InChI is InChI=1S/C15H19N3O3.C6H11N.HO3P/c1-10(19)16-7-3-4-11-9-17-14-6-5-12(8-13(11)14)18-15(20)21-2;1-3-6(4-2)5-7;1-4(2)3/h5-6,8-9,17H,3-4,7H2,1-2H3,(H,16,19)(H,18,20);6H,3-4H2,1-2H3;(H-,1,2,3)/p+1. The quantitative estimate of drug-likeness (QED) is 0.303. The molecule has 0 spiro atoms. The molecular formula is C21H32N4O6P+. The minimum absolute atomic E-state index is 0.0153. The van der Waals surface area contributed by atoms with Gasteiger partial charge in [0.2, 0.25) is 5.91 Å². The smallest absolute Gasteiger partial charge is 0.453 e. The lowest BCUT2D eigenvalue weighted by atomic mass is 10.1. The molecule has 0 bridgehead atoms. The van der Waals surface area contributed by atoms with Crippen molar-refractivity contribution < 1.29 is 28.7 Å². The van der Waals surface area contributed by atoms with Crippen molar-refractivity contribution >= 4 is 36.8 Å². The van der Waals surface area contributed by atoms with E-state index in [1.54, 1.807) is 0 Å². The maximum Gasteiger partial charge on any atom is 0.692 e. The van der Waals surface area contributed by atoms with Crippen molar-refractivity contribution in [2.45, 2.75) is 46.5 Å². The van der Waals surface area contributed by atoms with Crippen molar-refractivity contribution in [3.05, 3.63) is 30.0 Å². The Kier molecular flexibility index (Phi) is 15.1. The number of H-pyrrole nitrogens is 1. The van der Waals surface area contributed by atoms with Gasteiger partial charge in [-0.3, -0.25) is 10.1 Å². The Balaban J connectivity index is 0.000000728. The van der Waals surface area contributed by atoms with Crippen LogP contribution in [-0.2, 0) is 20.5 Å². The van der Waals surface area contributed by atoms with E-state index < -0.39 is 14.3 Å². The number of nitrogens with one attached hydrogen (secondary N) is 3. The number of amides is 2. The van der Waals surface area contributed by atoms with Gasteiger partial charge in [0.05, 0.1) is 13.2 Å². The van der Waals surface area contributed by atoms with Gasteiger partial charge in [0.25, 0.3) is 0 Å². The van der Waals surface area contributed by atoms with Crippen LogP contribution in [0.1, 0.15) is 45.6 Å². The van der Waals surface area contributed by atoms with E-state index >= 15 is 0 Å². The highest BCUT2D eigenvalue weighted by Crippen LogP contribution is 2.23. The van der Waals surface area contributed by atoms with Crippen LogP contribution in [0.25, 0.3) is 10.9 Å². The summed E-state index contributed by atoms with van der Waals surface area (Å²) in [6, 6.07) is 7.85. The number of nitrogens with zero attached hydrogens (tertiary/aromatic N) is 1. The van der Waals surface area contributed by atoms with Crippen LogP contribution in [-0.4, -0.2) is 40.4 Å². The zero-order valence-corrected chi connectivity index (χ0v) is 19.7. The molecule has 0 radical (unpaired) electrons. The van der Waals surface area contributed by atoms with Crippen LogP contribution in [0.3, 0.4) is 0 Å². The van der Waals surface area contributed by atoms with E-state index in [2.05, 4.69) is 26.4 Å². The fourth-order valence-electron chi connectivity index (χ4n) is 2.65. The van der Waals surface area contributed by atoms with Crippen LogP contribution in [0.4, 0.5) is 10.5 Å². The highest BCUT2D eigenvalue weighted by atomic mass is 31.1. The first kappa shape index (κ1) is 29.0. The number of benzene rings is 1. The van der Waals surface area contributed by atoms with Crippen molar-refractivity contribution in [3.63, 3.8) is 0 Å². The molecule has 176 valence electrons. The summed E-state index contributed by atoms with van der Waals surface area (Å²) < 4.78 is 13.3. The van der Waals surface area contributed by atoms with E-state index in [-0.39, 0.29) is 5.91 Å². The summed E-state index contributed by atoms with van der Waals surface area (Å²) in [5.74, 6) is 0.276. The third-order valence-electron chi connectivity index (χ3n) is 4.36. The number of aromatic amines is 1. The van der Waals surface area contributed by atoms with Crippen LogP contribution in [0.2, 0.25) is 0 Å². The normalized spacial score (nSPS) is 9.56. The lowest BCUT2D eigenvalue weighted by Crippen LogP contribution is -2.21. The molecule has 0 saturated carbocycles. The van der Waals surface area contributed by atoms with Gasteiger partial charge in [0.1, 0.15) is 0 Å². The topological polar surface area (TPSA) is 165 Å². The van der Waals surface area contributed by atoms with Gasteiger partial charge in [-0.15, -0.1) is 9.79 Å². The molecule has 0 aliphatic carbocycles. The number of aryl methyl sites for hydroxylation is 1. The molecule has 1 aromatic carbocycles. The number of hydrogen-bond acceptors (Lipinski definition) is 5. The number of ether oxygens (including phenoxy) is 1. The van der Waals surface area contributed by atoms with Crippen LogP contribution in [0, 0.1) is 17.2 Å². The molecule has 11 heteroatoms. The summed E-state index contributed by atoms with van der Waals surface area (Å²) in [5.41, 5.74) is 2.86. The molecule has 5 N–H and O–H groups in total. The van der Waals surface area contributed by atoms with Crippen molar-refractivity contribution in [2.75, 3.05) is 19.0 Å². The number of carbonyl (C=O) groups is 2. The number of hydrogen-bond donors (Lipinski definition) is 5. The minimum atomic E-state index is -2.87. The molecule has 0 saturated heterocycles. The third-order valence-corrected chi connectivity index (χ3v) is 4.36. The first-order valence-electron chi connectivity index (χ1n) is 10.1. The van der Waals surface area contributed by atoms with Crippen molar-refractivity contribution in [2.24, 2.45) is 5.92 Å². The number of methoxy groups -OCH3 is 1. The van der Waals surface area contributed by atoms with E-state index in [0.29, 0.717) is 18.2 Å². The van der Waals surface area contributed by atoms with Gasteiger partial charge in [-0.2, -0.15) is 5.26 Å². The van der Waals surface area contributed by atoms with E-state index in [1.165, 1.54) is 14.0 Å². The Hall–Kier alpha value is -2.99. The number of fused-ring (bicyclic) bond motifs is 1. The molecule has 32 heavy (non-hydrogen) atoms. The molecule has 0 aliphatic heterocycles. The van der Waals surface area contributed by atoms with Crippen molar-refractivity contribution in [1.82, 2.24) is 10.3 Å². The van der Waals surface area contributed by atoms with Crippen molar-refractivity contribution in [1.29, 1.82) is 5.26 Å². The monoisotopic (exact) mass is 467 g/mol. The summed E-state index contributed by atoms with van der Waals surface area (Å²) in [6.45, 7) is 6.24. The summed E-state index contributed by atoms with van der Waals surface area (Å²) in [4.78, 5) is 39.5. The third kappa shape index (κ3) is 12.6. The SMILES string of the molecule is CCC(C#N)CC.COC(=O)Nc1ccc2[nH]cc(CCCNC(C)=O)c2c1.O=[P+](O)O. The van der Waals surface area contributed by atoms with Gasteiger partial charge >= 0.3 is 14.3 Å². The van der Waals surface area contributed by atoms with Crippen LogP contribution in [0.5, 0.6) is 0 Å². The molecule has 0 atom stereocenters. The predicted molar refractivity (Wildman–Crippen MR) is 123 cm³/mol. The highest BCUT2D eigenvalue weighted by Gasteiger charge is 2.07. The zero-order valence-electron chi connectivity index (χ0n) is 18.8. The molecule has 10 nitrogen and oxygen atoms in total. The second-order valence-corrected chi connectivity index (χ2v) is 7.18. The maximum absolute atomic E-state index is 11.2. The van der Waals surface area contributed by atoms with Gasteiger partial charge in [0, 0.05) is 46.7 Å². The van der Waals surface area contributed by atoms with Crippen molar-refractivity contribution in [3.8, 4) is 6.07 Å². The first-order chi connectivity index (χ1) is 15.2. The van der Waals surface area contributed by atoms with Gasteiger partial charge in [-0.1, -0.05) is 13.8 Å². The first-order valence-corrected chi connectivity index (χ1v) is 11.3. The molecule has 1 heterocycles. The number of anilines is 1. The average Bonchev–Trinajstić information content (AvgIpc) is 3.14. The molecular weight excluding hydrogens is 435 g/mol. The number of carbonyl (C=O) groups excluding carboxylic acids is 2. The minimum Gasteiger partial charge on any atom is -0.453 e. The second-order valence-electron chi connectivity index (χ2n) is 6.67.